The first kappa shape index (κ1) is 12.1. The van der Waals surface area contributed by atoms with Crippen molar-refractivity contribution >= 4 is 5.78 Å². The summed E-state index contributed by atoms with van der Waals surface area (Å²) in [6.07, 6.45) is 3.04. The smallest absolute Gasteiger partial charge is 0.165 e. The zero-order chi connectivity index (χ0) is 12.1. The van der Waals surface area contributed by atoms with E-state index < -0.39 is 0 Å². The average molecular weight is 233 g/mol. The van der Waals surface area contributed by atoms with Gasteiger partial charge in [-0.15, -0.1) is 0 Å². The Hall–Kier alpha value is -1.35. The number of ketones is 1. The molecule has 92 valence electrons. The van der Waals surface area contributed by atoms with E-state index in [2.05, 4.69) is 5.32 Å². The first-order chi connectivity index (χ1) is 8.31. The zero-order valence-corrected chi connectivity index (χ0v) is 10.2. The molecule has 1 aromatic carbocycles. The van der Waals surface area contributed by atoms with Gasteiger partial charge in [0, 0.05) is 11.5 Å². The lowest BCUT2D eigenvalue weighted by atomic mass is 9.91. The number of carbonyl (C=O) groups excluding carboxylic acids is 1. The molecule has 17 heavy (non-hydrogen) atoms. The minimum absolute atomic E-state index is 0.179. The van der Waals surface area contributed by atoms with E-state index in [1.165, 1.54) is 0 Å². The van der Waals surface area contributed by atoms with Crippen molar-refractivity contribution in [2.75, 3.05) is 20.2 Å². The summed E-state index contributed by atoms with van der Waals surface area (Å²) in [5.74, 6) is 1.25. The molecule has 3 nitrogen and oxygen atoms in total. The second-order valence-electron chi connectivity index (χ2n) is 4.47. The van der Waals surface area contributed by atoms with Gasteiger partial charge in [0.05, 0.1) is 7.11 Å². The fourth-order valence-corrected chi connectivity index (χ4v) is 2.27. The van der Waals surface area contributed by atoms with Crippen LogP contribution in [0.5, 0.6) is 5.75 Å². The first-order valence-corrected chi connectivity index (χ1v) is 6.20. The summed E-state index contributed by atoms with van der Waals surface area (Å²) in [4.78, 5) is 12.3. The van der Waals surface area contributed by atoms with Crippen molar-refractivity contribution in [3.63, 3.8) is 0 Å². The summed E-state index contributed by atoms with van der Waals surface area (Å²) < 4.78 is 5.09. The number of carbonyl (C=O) groups is 1. The van der Waals surface area contributed by atoms with E-state index in [0.29, 0.717) is 0 Å². The Morgan fingerprint density at radius 3 is 2.71 bits per heavy atom. The molecule has 0 amide bonds. The van der Waals surface area contributed by atoms with Crippen LogP contribution in [0.3, 0.4) is 0 Å². The number of methoxy groups -OCH3 is 1. The van der Waals surface area contributed by atoms with Crippen molar-refractivity contribution in [2.45, 2.75) is 19.3 Å². The van der Waals surface area contributed by atoms with Crippen LogP contribution in [-0.4, -0.2) is 26.0 Å². The van der Waals surface area contributed by atoms with Crippen LogP contribution in [-0.2, 0) is 0 Å². The van der Waals surface area contributed by atoms with Crippen LogP contribution < -0.4 is 10.1 Å². The van der Waals surface area contributed by atoms with Crippen LogP contribution in [0.25, 0.3) is 0 Å². The average Bonchev–Trinajstić information content (AvgIpc) is 2.67. The summed E-state index contributed by atoms with van der Waals surface area (Å²) >= 11 is 0. The molecule has 1 aromatic rings. The monoisotopic (exact) mass is 233 g/mol. The Bertz CT molecular complexity index is 364. The highest BCUT2D eigenvalue weighted by Crippen LogP contribution is 2.21. The van der Waals surface area contributed by atoms with Crippen molar-refractivity contribution in [1.82, 2.24) is 5.32 Å². The molecule has 0 aliphatic carbocycles. The molecular weight excluding hydrogens is 214 g/mol. The number of rotatable bonds is 3. The van der Waals surface area contributed by atoms with Gasteiger partial charge < -0.3 is 10.1 Å². The quantitative estimate of drug-likeness (QED) is 0.814. The molecule has 1 fully saturated rings. The molecule has 0 bridgehead atoms. The Kier molecular flexibility index (Phi) is 4.15. The maximum Gasteiger partial charge on any atom is 0.165 e. The molecule has 1 atom stereocenters. The number of hydrogen-bond donors (Lipinski definition) is 1. The van der Waals surface area contributed by atoms with Crippen LogP contribution in [0, 0.1) is 5.92 Å². The van der Waals surface area contributed by atoms with Gasteiger partial charge in [-0.2, -0.15) is 0 Å². The molecule has 2 rings (SSSR count). The van der Waals surface area contributed by atoms with E-state index in [4.69, 9.17) is 4.74 Å². The number of Topliss-reactive ketones (excluding diaryl/α,β-unsaturated/α-hetero) is 1. The second-order valence-corrected chi connectivity index (χ2v) is 4.47. The highest BCUT2D eigenvalue weighted by Gasteiger charge is 2.20. The van der Waals surface area contributed by atoms with E-state index in [9.17, 15) is 4.79 Å². The highest BCUT2D eigenvalue weighted by molar-refractivity contribution is 5.97. The molecular formula is C14H19NO2. The largest absolute Gasteiger partial charge is 0.497 e. The van der Waals surface area contributed by atoms with Crippen LogP contribution in [0.4, 0.5) is 0 Å². The van der Waals surface area contributed by atoms with Gasteiger partial charge in [0.25, 0.3) is 0 Å². The number of ether oxygens (including phenoxy) is 1. The third kappa shape index (κ3) is 3.07. The summed E-state index contributed by atoms with van der Waals surface area (Å²) in [5, 5.41) is 3.33. The molecule has 1 heterocycles. The fraction of sp³-hybridized carbons (Fsp3) is 0.500. The Balaban J connectivity index is 2.06. The third-order valence-corrected chi connectivity index (χ3v) is 3.32. The topological polar surface area (TPSA) is 38.3 Å². The molecule has 1 aliphatic rings. The van der Waals surface area contributed by atoms with Crippen LogP contribution in [0.1, 0.15) is 29.6 Å². The second kappa shape index (κ2) is 5.82. The Labute approximate surface area is 102 Å². The molecule has 1 saturated heterocycles. The summed E-state index contributed by atoms with van der Waals surface area (Å²) in [6.45, 7) is 1.99. The Morgan fingerprint density at radius 2 is 2.00 bits per heavy atom. The molecule has 1 unspecified atom stereocenters. The summed E-state index contributed by atoms with van der Waals surface area (Å²) in [6, 6.07) is 7.42. The maximum absolute atomic E-state index is 12.3. The first-order valence-electron chi connectivity index (χ1n) is 6.20. The van der Waals surface area contributed by atoms with Crippen molar-refractivity contribution < 1.29 is 9.53 Å². The van der Waals surface area contributed by atoms with Gasteiger partial charge in [-0.05, 0) is 56.6 Å². The van der Waals surface area contributed by atoms with Crippen molar-refractivity contribution in [2.24, 2.45) is 5.92 Å². The zero-order valence-electron chi connectivity index (χ0n) is 10.2. The van der Waals surface area contributed by atoms with Gasteiger partial charge in [0.2, 0.25) is 0 Å². The number of nitrogens with one attached hydrogen (secondary N) is 1. The van der Waals surface area contributed by atoms with Gasteiger partial charge in [-0.25, -0.2) is 0 Å². The Morgan fingerprint density at radius 1 is 1.24 bits per heavy atom. The minimum atomic E-state index is 0.179. The molecule has 0 saturated carbocycles. The number of hydrogen-bond acceptors (Lipinski definition) is 3. The lowest BCUT2D eigenvalue weighted by Gasteiger charge is -2.12. The van der Waals surface area contributed by atoms with Crippen LogP contribution >= 0.6 is 0 Å². The lowest BCUT2D eigenvalue weighted by Crippen LogP contribution is -2.18. The highest BCUT2D eigenvalue weighted by atomic mass is 16.5. The van der Waals surface area contributed by atoms with Crippen molar-refractivity contribution in [3.8, 4) is 5.75 Å². The standard InChI is InChI=1S/C14H19NO2/c1-17-13-6-4-12(5-7-13)14(16)11-3-2-9-15-10-8-11/h4-7,11,15H,2-3,8-10H2,1H3. The lowest BCUT2D eigenvalue weighted by molar-refractivity contribution is 0.0910. The van der Waals surface area contributed by atoms with Crippen LogP contribution in [0.2, 0.25) is 0 Å². The van der Waals surface area contributed by atoms with E-state index in [1.807, 2.05) is 24.3 Å². The van der Waals surface area contributed by atoms with Crippen molar-refractivity contribution in [3.05, 3.63) is 29.8 Å². The summed E-state index contributed by atoms with van der Waals surface area (Å²) in [5.41, 5.74) is 0.803. The van der Waals surface area contributed by atoms with E-state index in [1.54, 1.807) is 7.11 Å². The molecule has 3 heteroatoms. The van der Waals surface area contributed by atoms with Gasteiger partial charge in [-0.3, -0.25) is 4.79 Å². The maximum atomic E-state index is 12.3. The van der Waals surface area contributed by atoms with Crippen LogP contribution in [0.15, 0.2) is 24.3 Å². The molecule has 1 aliphatic heterocycles. The van der Waals surface area contributed by atoms with Gasteiger partial charge >= 0.3 is 0 Å². The predicted octanol–water partition coefficient (Wildman–Crippen LogP) is 2.27. The molecule has 0 radical (unpaired) electrons. The fourth-order valence-electron chi connectivity index (χ4n) is 2.27. The van der Waals surface area contributed by atoms with Gasteiger partial charge in [-0.1, -0.05) is 0 Å². The van der Waals surface area contributed by atoms with Gasteiger partial charge in [0.15, 0.2) is 5.78 Å². The third-order valence-electron chi connectivity index (χ3n) is 3.32. The molecule has 0 aromatic heterocycles. The SMILES string of the molecule is COc1ccc(C(=O)C2CCCNCC2)cc1. The predicted molar refractivity (Wildman–Crippen MR) is 67.5 cm³/mol. The van der Waals surface area contributed by atoms with E-state index >= 15 is 0 Å². The van der Waals surface area contributed by atoms with E-state index in [0.717, 1.165) is 43.7 Å². The normalized spacial score (nSPS) is 20.6. The van der Waals surface area contributed by atoms with E-state index in [-0.39, 0.29) is 11.7 Å². The molecule has 0 spiro atoms. The molecule has 1 N–H and O–H groups in total. The van der Waals surface area contributed by atoms with Crippen molar-refractivity contribution in [1.29, 1.82) is 0 Å². The van der Waals surface area contributed by atoms with Gasteiger partial charge in [0.1, 0.15) is 5.75 Å². The number of benzene rings is 1. The summed E-state index contributed by atoms with van der Waals surface area (Å²) in [7, 11) is 1.63. The minimum Gasteiger partial charge on any atom is -0.497 e.